The molecule has 18 heavy (non-hydrogen) atoms. The molecule has 0 N–H and O–H groups in total. The van der Waals surface area contributed by atoms with Crippen LogP contribution in [0.4, 0.5) is 5.82 Å². The van der Waals surface area contributed by atoms with Gasteiger partial charge in [-0.3, -0.25) is 4.79 Å². The third-order valence-electron chi connectivity index (χ3n) is 3.49. The van der Waals surface area contributed by atoms with Crippen molar-refractivity contribution in [1.29, 1.82) is 0 Å². The molecule has 0 amide bonds. The monoisotopic (exact) mass is 247 g/mol. The maximum atomic E-state index is 11.3. The van der Waals surface area contributed by atoms with E-state index >= 15 is 0 Å². The largest absolute Gasteiger partial charge is 0.358 e. The summed E-state index contributed by atoms with van der Waals surface area (Å²) in [6.45, 7) is 6.05. The average molecular weight is 247 g/mol. The van der Waals surface area contributed by atoms with E-state index in [0.29, 0.717) is 0 Å². The molecule has 4 heteroatoms. The number of nitrogens with zero attached hydrogens (tertiary/aromatic N) is 3. The molecule has 0 spiro atoms. The zero-order valence-electron chi connectivity index (χ0n) is 11.2. The van der Waals surface area contributed by atoms with E-state index in [1.807, 2.05) is 13.1 Å². The minimum absolute atomic E-state index is 0.0894. The van der Waals surface area contributed by atoms with E-state index < -0.39 is 0 Å². The van der Waals surface area contributed by atoms with Gasteiger partial charge < -0.3 is 9.80 Å². The molecule has 1 aromatic rings. The molecule has 0 radical (unpaired) electrons. The zero-order chi connectivity index (χ0) is 13.0. The number of likely N-dealkylation sites (N-methyl/N-ethyl adjacent to an activating group) is 1. The van der Waals surface area contributed by atoms with Crippen LogP contribution in [0.25, 0.3) is 0 Å². The Morgan fingerprint density at radius 1 is 1.44 bits per heavy atom. The molecular weight excluding hydrogens is 226 g/mol. The van der Waals surface area contributed by atoms with Gasteiger partial charge in [-0.05, 0) is 45.0 Å². The predicted octanol–water partition coefficient (Wildman–Crippen LogP) is 1.82. The van der Waals surface area contributed by atoms with Crippen LogP contribution >= 0.6 is 0 Å². The summed E-state index contributed by atoms with van der Waals surface area (Å²) in [5.74, 6) is 0.966. The fourth-order valence-electron chi connectivity index (χ4n) is 2.26. The molecule has 0 aliphatic carbocycles. The van der Waals surface area contributed by atoms with Crippen LogP contribution in [0.3, 0.4) is 0 Å². The molecule has 1 aliphatic heterocycles. The third kappa shape index (κ3) is 3.29. The van der Waals surface area contributed by atoms with E-state index in [1.54, 1.807) is 19.2 Å². The third-order valence-corrected chi connectivity index (χ3v) is 3.49. The molecular formula is C14H21N3O. The van der Waals surface area contributed by atoms with E-state index in [9.17, 15) is 4.79 Å². The summed E-state index contributed by atoms with van der Waals surface area (Å²) in [7, 11) is 2.03. The minimum atomic E-state index is 0.0894. The van der Waals surface area contributed by atoms with Crippen LogP contribution < -0.4 is 4.90 Å². The molecule has 1 fully saturated rings. The van der Waals surface area contributed by atoms with Gasteiger partial charge in [-0.15, -0.1) is 0 Å². The molecule has 0 saturated carbocycles. The van der Waals surface area contributed by atoms with Gasteiger partial charge in [0.1, 0.15) is 5.82 Å². The second-order valence-electron chi connectivity index (χ2n) is 4.93. The summed E-state index contributed by atoms with van der Waals surface area (Å²) in [6.07, 6.45) is 4.35. The van der Waals surface area contributed by atoms with Gasteiger partial charge in [0.05, 0.1) is 0 Å². The van der Waals surface area contributed by atoms with Gasteiger partial charge in [0, 0.05) is 31.9 Å². The molecule has 2 heterocycles. The molecule has 98 valence electrons. The fraction of sp³-hybridized carbons (Fsp3) is 0.571. The van der Waals surface area contributed by atoms with Crippen molar-refractivity contribution < 1.29 is 4.79 Å². The van der Waals surface area contributed by atoms with Crippen LogP contribution in [0.5, 0.6) is 0 Å². The SMILES string of the molecule is CC(=O)c1ccnc(N(C)CCN2CCCC2)c1. The highest BCUT2D eigenvalue weighted by Crippen LogP contribution is 2.12. The Hall–Kier alpha value is -1.42. The number of likely N-dealkylation sites (tertiary alicyclic amines) is 1. The summed E-state index contributed by atoms with van der Waals surface area (Å²) in [4.78, 5) is 20.2. The lowest BCUT2D eigenvalue weighted by Gasteiger charge is -2.22. The highest BCUT2D eigenvalue weighted by molar-refractivity contribution is 5.94. The number of anilines is 1. The summed E-state index contributed by atoms with van der Waals surface area (Å²) >= 11 is 0. The van der Waals surface area contributed by atoms with Crippen LogP contribution in [-0.2, 0) is 0 Å². The van der Waals surface area contributed by atoms with Crippen molar-refractivity contribution in [1.82, 2.24) is 9.88 Å². The van der Waals surface area contributed by atoms with Gasteiger partial charge in [0.2, 0.25) is 0 Å². The smallest absolute Gasteiger partial charge is 0.159 e. The number of ketones is 1. The number of carbonyl (C=O) groups is 1. The summed E-state index contributed by atoms with van der Waals surface area (Å²) in [6, 6.07) is 3.63. The van der Waals surface area contributed by atoms with Gasteiger partial charge in [-0.25, -0.2) is 4.98 Å². The van der Waals surface area contributed by atoms with E-state index in [2.05, 4.69) is 14.8 Å². The summed E-state index contributed by atoms with van der Waals surface area (Å²) in [5.41, 5.74) is 0.730. The van der Waals surface area contributed by atoms with Crippen LogP contribution in [0, 0.1) is 0 Å². The first kappa shape index (κ1) is 13.0. The maximum Gasteiger partial charge on any atom is 0.159 e. The van der Waals surface area contributed by atoms with Crippen LogP contribution in [-0.4, -0.2) is 48.9 Å². The van der Waals surface area contributed by atoms with Gasteiger partial charge in [0.25, 0.3) is 0 Å². The number of hydrogen-bond donors (Lipinski definition) is 0. The molecule has 0 aromatic carbocycles. The highest BCUT2D eigenvalue weighted by atomic mass is 16.1. The van der Waals surface area contributed by atoms with Crippen molar-refractivity contribution in [2.45, 2.75) is 19.8 Å². The second kappa shape index (κ2) is 5.96. The number of carbonyl (C=O) groups excluding carboxylic acids is 1. The zero-order valence-corrected chi connectivity index (χ0v) is 11.2. The number of pyridine rings is 1. The van der Waals surface area contributed by atoms with Crippen molar-refractivity contribution in [3.05, 3.63) is 23.9 Å². The molecule has 0 bridgehead atoms. The molecule has 0 unspecified atom stereocenters. The Kier molecular flexibility index (Phi) is 4.31. The molecule has 2 rings (SSSR count). The minimum Gasteiger partial charge on any atom is -0.358 e. The Balaban J connectivity index is 1.93. The Morgan fingerprint density at radius 2 is 2.17 bits per heavy atom. The normalized spacial score (nSPS) is 15.9. The lowest BCUT2D eigenvalue weighted by atomic mass is 10.2. The average Bonchev–Trinajstić information content (AvgIpc) is 2.89. The quantitative estimate of drug-likeness (QED) is 0.744. The van der Waals surface area contributed by atoms with Crippen molar-refractivity contribution in [2.24, 2.45) is 0 Å². The van der Waals surface area contributed by atoms with Crippen molar-refractivity contribution in [2.75, 3.05) is 38.1 Å². The molecule has 1 aromatic heterocycles. The van der Waals surface area contributed by atoms with Gasteiger partial charge in [0.15, 0.2) is 5.78 Å². The number of rotatable bonds is 5. The van der Waals surface area contributed by atoms with Gasteiger partial charge >= 0.3 is 0 Å². The van der Waals surface area contributed by atoms with Crippen LogP contribution in [0.15, 0.2) is 18.3 Å². The van der Waals surface area contributed by atoms with E-state index in [1.165, 1.54) is 25.9 Å². The number of aromatic nitrogens is 1. The lowest BCUT2D eigenvalue weighted by molar-refractivity contribution is 0.101. The number of Topliss-reactive ketones (excluding diaryl/α,β-unsaturated/α-hetero) is 1. The first-order valence-electron chi connectivity index (χ1n) is 6.57. The van der Waals surface area contributed by atoms with Gasteiger partial charge in [-0.2, -0.15) is 0 Å². The Morgan fingerprint density at radius 3 is 2.83 bits per heavy atom. The summed E-state index contributed by atoms with van der Waals surface area (Å²) < 4.78 is 0. The Labute approximate surface area is 109 Å². The van der Waals surface area contributed by atoms with E-state index in [0.717, 1.165) is 24.5 Å². The van der Waals surface area contributed by atoms with Crippen LogP contribution in [0.2, 0.25) is 0 Å². The molecule has 4 nitrogen and oxygen atoms in total. The van der Waals surface area contributed by atoms with Crippen LogP contribution in [0.1, 0.15) is 30.1 Å². The van der Waals surface area contributed by atoms with Gasteiger partial charge in [-0.1, -0.05) is 0 Å². The predicted molar refractivity (Wildman–Crippen MR) is 73.2 cm³/mol. The first-order valence-corrected chi connectivity index (χ1v) is 6.57. The molecule has 1 aliphatic rings. The fourth-order valence-corrected chi connectivity index (χ4v) is 2.26. The number of hydrogen-bond acceptors (Lipinski definition) is 4. The molecule has 1 saturated heterocycles. The standard InChI is InChI=1S/C14H21N3O/c1-12(18)13-5-6-15-14(11-13)16(2)9-10-17-7-3-4-8-17/h5-6,11H,3-4,7-10H2,1-2H3. The Bertz CT molecular complexity index is 413. The van der Waals surface area contributed by atoms with E-state index in [4.69, 9.17) is 0 Å². The van der Waals surface area contributed by atoms with Crippen molar-refractivity contribution >= 4 is 11.6 Å². The lowest BCUT2D eigenvalue weighted by Crippen LogP contribution is -2.31. The maximum absolute atomic E-state index is 11.3. The first-order chi connectivity index (χ1) is 8.66. The summed E-state index contributed by atoms with van der Waals surface area (Å²) in [5, 5.41) is 0. The highest BCUT2D eigenvalue weighted by Gasteiger charge is 2.12. The van der Waals surface area contributed by atoms with Crippen molar-refractivity contribution in [3.63, 3.8) is 0 Å². The van der Waals surface area contributed by atoms with Crippen molar-refractivity contribution in [3.8, 4) is 0 Å². The van der Waals surface area contributed by atoms with E-state index in [-0.39, 0.29) is 5.78 Å². The second-order valence-corrected chi connectivity index (χ2v) is 4.93. The molecule has 0 atom stereocenters. The topological polar surface area (TPSA) is 36.4 Å².